The Kier molecular flexibility index (Phi) is 7.73. The Morgan fingerprint density at radius 3 is 2.23 bits per heavy atom. The number of hydrogen-bond donors (Lipinski definition) is 1. The van der Waals surface area contributed by atoms with Crippen molar-refractivity contribution in [1.29, 1.82) is 0 Å². The van der Waals surface area contributed by atoms with E-state index in [1.807, 2.05) is 57.3 Å². The Bertz CT molecular complexity index is 1330. The van der Waals surface area contributed by atoms with Gasteiger partial charge in [-0.3, -0.25) is 0 Å². The lowest BCUT2D eigenvalue weighted by Crippen LogP contribution is -2.44. The third kappa shape index (κ3) is 5.89. The van der Waals surface area contributed by atoms with Gasteiger partial charge >= 0.3 is 6.18 Å². The highest BCUT2D eigenvalue weighted by atomic mass is 28.4. The molecule has 1 unspecified atom stereocenters. The number of fused-ring (bicyclic) bond motifs is 1. The van der Waals surface area contributed by atoms with E-state index in [-0.39, 0.29) is 28.7 Å². The molecule has 4 rings (SSSR count). The molecule has 1 atom stereocenters. The van der Waals surface area contributed by atoms with Crippen LogP contribution < -0.4 is 9.16 Å². The molecule has 0 spiro atoms. The molecule has 0 bridgehead atoms. The second kappa shape index (κ2) is 10.3. The van der Waals surface area contributed by atoms with Crippen LogP contribution in [0.4, 0.5) is 13.2 Å². The van der Waals surface area contributed by atoms with E-state index in [9.17, 15) is 18.3 Å². The topological polar surface area (TPSA) is 38.7 Å². The van der Waals surface area contributed by atoms with E-state index >= 15 is 0 Å². The predicted molar refractivity (Wildman–Crippen MR) is 152 cm³/mol. The van der Waals surface area contributed by atoms with Gasteiger partial charge < -0.3 is 14.3 Å². The fourth-order valence-electron chi connectivity index (χ4n) is 4.94. The van der Waals surface area contributed by atoms with Crippen LogP contribution in [0, 0.1) is 0 Å². The zero-order chi connectivity index (χ0) is 28.8. The van der Waals surface area contributed by atoms with Gasteiger partial charge in [0.25, 0.3) is 0 Å². The summed E-state index contributed by atoms with van der Waals surface area (Å²) in [6, 6.07) is 17.8. The molecular weight excluding hydrogens is 517 g/mol. The summed E-state index contributed by atoms with van der Waals surface area (Å²) in [4.78, 5) is 0. The molecule has 210 valence electrons. The molecular formula is C32H39F3O3Si. The average molecular weight is 557 g/mol. The molecule has 0 fully saturated rings. The summed E-state index contributed by atoms with van der Waals surface area (Å²) in [5, 5.41) is 11.8. The normalized spacial score (nSPS) is 17.8. The van der Waals surface area contributed by atoms with Gasteiger partial charge in [0.2, 0.25) is 8.32 Å². The number of ether oxygens (including phenoxy) is 1. The SMILES string of the molecule is CC(C)c1cc(C2(O)CCc3cc(O[Si](C)(C)C(C)(C)C)cc(C(F)(F)F)c32)ccc1OCc1ccccc1. The first-order valence-corrected chi connectivity index (χ1v) is 16.4. The van der Waals surface area contributed by atoms with E-state index < -0.39 is 25.7 Å². The van der Waals surface area contributed by atoms with Crippen molar-refractivity contribution >= 4 is 8.32 Å². The van der Waals surface area contributed by atoms with Crippen LogP contribution >= 0.6 is 0 Å². The first-order chi connectivity index (χ1) is 18.0. The largest absolute Gasteiger partial charge is 0.543 e. The number of hydrogen-bond acceptors (Lipinski definition) is 3. The van der Waals surface area contributed by atoms with Gasteiger partial charge in [-0.2, -0.15) is 13.2 Å². The first kappa shape index (κ1) is 29.2. The van der Waals surface area contributed by atoms with Crippen LogP contribution in [-0.2, 0) is 24.8 Å². The van der Waals surface area contributed by atoms with Gasteiger partial charge in [-0.25, -0.2) is 0 Å². The maximum absolute atomic E-state index is 14.5. The van der Waals surface area contributed by atoms with Crippen molar-refractivity contribution in [3.63, 3.8) is 0 Å². The highest BCUT2D eigenvalue weighted by Gasteiger charge is 2.48. The third-order valence-electron chi connectivity index (χ3n) is 8.19. The Morgan fingerprint density at radius 2 is 1.64 bits per heavy atom. The number of aryl methyl sites for hydroxylation is 1. The molecule has 3 nitrogen and oxygen atoms in total. The van der Waals surface area contributed by atoms with Crippen LogP contribution in [0.15, 0.2) is 60.7 Å². The molecule has 0 amide bonds. The summed E-state index contributed by atoms with van der Waals surface area (Å²) < 4.78 is 55.9. The van der Waals surface area contributed by atoms with Crippen molar-refractivity contribution in [2.75, 3.05) is 0 Å². The molecule has 0 radical (unpaired) electrons. The molecule has 1 N–H and O–H groups in total. The average Bonchev–Trinajstić information content (AvgIpc) is 3.18. The molecule has 3 aromatic rings. The van der Waals surface area contributed by atoms with Crippen molar-refractivity contribution in [2.45, 2.75) is 89.9 Å². The summed E-state index contributed by atoms with van der Waals surface area (Å²) in [5.74, 6) is 0.931. The fraction of sp³-hybridized carbons (Fsp3) is 0.438. The summed E-state index contributed by atoms with van der Waals surface area (Å²) >= 11 is 0. The minimum absolute atomic E-state index is 0.0441. The van der Waals surface area contributed by atoms with E-state index in [0.717, 1.165) is 17.2 Å². The van der Waals surface area contributed by atoms with Crippen LogP contribution in [0.5, 0.6) is 11.5 Å². The minimum atomic E-state index is -4.64. The van der Waals surface area contributed by atoms with E-state index in [1.54, 1.807) is 24.3 Å². The highest BCUT2D eigenvalue weighted by Crippen LogP contribution is 2.51. The molecule has 3 aromatic carbocycles. The summed E-state index contributed by atoms with van der Waals surface area (Å²) in [6.45, 7) is 14.6. The molecule has 0 heterocycles. The number of benzene rings is 3. The molecule has 0 aromatic heterocycles. The van der Waals surface area contributed by atoms with Gasteiger partial charge in [-0.05, 0) is 83.4 Å². The zero-order valence-corrected chi connectivity index (χ0v) is 24.9. The number of aliphatic hydroxyl groups is 1. The zero-order valence-electron chi connectivity index (χ0n) is 23.9. The van der Waals surface area contributed by atoms with Crippen molar-refractivity contribution in [3.8, 4) is 11.5 Å². The lowest BCUT2D eigenvalue weighted by molar-refractivity contribution is -0.140. The summed E-state index contributed by atoms with van der Waals surface area (Å²) in [6.07, 6.45) is -4.15. The van der Waals surface area contributed by atoms with Crippen LogP contribution in [0.1, 0.15) is 80.3 Å². The Hall–Kier alpha value is -2.77. The van der Waals surface area contributed by atoms with Gasteiger partial charge in [0.05, 0.1) is 5.56 Å². The Labute approximate surface area is 231 Å². The van der Waals surface area contributed by atoms with Gasteiger partial charge in [0, 0.05) is 5.56 Å². The highest BCUT2D eigenvalue weighted by molar-refractivity contribution is 6.74. The van der Waals surface area contributed by atoms with Crippen LogP contribution in [0.3, 0.4) is 0 Å². The Morgan fingerprint density at radius 1 is 0.974 bits per heavy atom. The maximum Gasteiger partial charge on any atom is 0.416 e. The lowest BCUT2D eigenvalue weighted by Gasteiger charge is -2.37. The van der Waals surface area contributed by atoms with E-state index in [2.05, 4.69) is 20.8 Å². The number of rotatable bonds is 7. The smallest absolute Gasteiger partial charge is 0.416 e. The second-order valence-corrected chi connectivity index (χ2v) is 17.1. The summed E-state index contributed by atoms with van der Waals surface area (Å²) in [7, 11) is -2.36. The van der Waals surface area contributed by atoms with E-state index in [0.29, 0.717) is 29.9 Å². The number of alkyl halides is 3. The number of halogens is 3. The molecule has 7 heteroatoms. The van der Waals surface area contributed by atoms with Crippen LogP contribution in [0.2, 0.25) is 18.1 Å². The monoisotopic (exact) mass is 556 g/mol. The van der Waals surface area contributed by atoms with Crippen LogP contribution in [0.25, 0.3) is 0 Å². The molecule has 39 heavy (non-hydrogen) atoms. The van der Waals surface area contributed by atoms with Gasteiger partial charge in [-0.15, -0.1) is 0 Å². The lowest BCUT2D eigenvalue weighted by atomic mass is 9.83. The van der Waals surface area contributed by atoms with E-state index in [1.165, 1.54) is 0 Å². The third-order valence-corrected chi connectivity index (χ3v) is 12.6. The second-order valence-electron chi connectivity index (χ2n) is 12.4. The quantitative estimate of drug-likeness (QED) is 0.295. The van der Waals surface area contributed by atoms with Crippen molar-refractivity contribution in [3.05, 3.63) is 94.0 Å². The van der Waals surface area contributed by atoms with Crippen molar-refractivity contribution in [1.82, 2.24) is 0 Å². The van der Waals surface area contributed by atoms with Gasteiger partial charge in [0.1, 0.15) is 23.7 Å². The standard InChI is InChI=1S/C32H39F3O3Si/c1-21(2)26-18-24(13-14-28(26)37-20-22-11-9-8-10-12-22)31(36)16-15-23-17-25(38-39(6,7)30(3,4)5)19-27(29(23)31)32(33,34)35/h8-14,17-19,21,36H,15-16,20H2,1-7H3. The molecule has 0 aliphatic heterocycles. The minimum Gasteiger partial charge on any atom is -0.543 e. The molecule has 1 aliphatic rings. The Balaban J connectivity index is 1.75. The van der Waals surface area contributed by atoms with E-state index in [4.69, 9.17) is 9.16 Å². The summed E-state index contributed by atoms with van der Waals surface area (Å²) in [5.41, 5.74) is 0.130. The fourth-order valence-corrected chi connectivity index (χ4v) is 5.95. The van der Waals surface area contributed by atoms with Gasteiger partial charge in [-0.1, -0.05) is 71.0 Å². The van der Waals surface area contributed by atoms with Gasteiger partial charge in [0.15, 0.2) is 0 Å². The first-order valence-electron chi connectivity index (χ1n) is 13.5. The van der Waals surface area contributed by atoms with Crippen molar-refractivity contribution in [2.24, 2.45) is 0 Å². The molecule has 1 aliphatic carbocycles. The predicted octanol–water partition coefficient (Wildman–Crippen LogP) is 8.97. The molecule has 0 saturated carbocycles. The van der Waals surface area contributed by atoms with Crippen LogP contribution in [-0.4, -0.2) is 13.4 Å². The molecule has 0 saturated heterocycles. The maximum atomic E-state index is 14.5. The van der Waals surface area contributed by atoms with Crippen molar-refractivity contribution < 1.29 is 27.4 Å².